The molecule has 1 aromatic heterocycles. The van der Waals surface area contributed by atoms with Gasteiger partial charge in [-0.3, -0.25) is 4.79 Å². The van der Waals surface area contributed by atoms with E-state index in [0.717, 1.165) is 5.56 Å². The predicted molar refractivity (Wildman–Crippen MR) is 109 cm³/mol. The lowest BCUT2D eigenvalue weighted by atomic mass is 10.1. The molecule has 0 radical (unpaired) electrons. The molecule has 0 spiro atoms. The van der Waals surface area contributed by atoms with E-state index in [0.29, 0.717) is 22.2 Å². The van der Waals surface area contributed by atoms with E-state index < -0.39 is 24.3 Å². The summed E-state index contributed by atoms with van der Waals surface area (Å²) in [5, 5.41) is 7.16. The third-order valence-electron chi connectivity index (χ3n) is 4.54. The van der Waals surface area contributed by atoms with E-state index in [1.807, 2.05) is 30.3 Å². The molecule has 3 aromatic carbocycles. The second-order valence-corrected chi connectivity index (χ2v) is 6.70. The van der Waals surface area contributed by atoms with Crippen LogP contribution in [0.1, 0.15) is 15.9 Å². The fraction of sp³-hybridized carbons (Fsp3) is 0.0870. The maximum Gasteiger partial charge on any atom is 0.338 e. The topological polar surface area (TPSA) is 81.4 Å². The van der Waals surface area contributed by atoms with Gasteiger partial charge in [0, 0.05) is 11.3 Å². The zero-order chi connectivity index (χ0) is 21.1. The number of aryl methyl sites for hydroxylation is 1. The van der Waals surface area contributed by atoms with Crippen LogP contribution in [0.2, 0.25) is 0 Å². The van der Waals surface area contributed by atoms with Crippen LogP contribution in [0.25, 0.3) is 22.2 Å². The van der Waals surface area contributed by atoms with Gasteiger partial charge in [-0.25, -0.2) is 9.18 Å². The van der Waals surface area contributed by atoms with Crippen molar-refractivity contribution in [2.45, 2.75) is 6.92 Å². The Hall–Kier alpha value is -4.00. The van der Waals surface area contributed by atoms with E-state index in [1.165, 1.54) is 6.07 Å². The van der Waals surface area contributed by atoms with Crippen molar-refractivity contribution in [1.82, 2.24) is 5.16 Å². The van der Waals surface area contributed by atoms with Crippen molar-refractivity contribution in [2.75, 3.05) is 11.9 Å². The van der Waals surface area contributed by atoms with Gasteiger partial charge in [0.15, 0.2) is 12.4 Å². The predicted octanol–water partition coefficient (Wildman–Crippen LogP) is 4.74. The summed E-state index contributed by atoms with van der Waals surface area (Å²) in [4.78, 5) is 24.4. The number of amides is 1. The standard InChI is InChI=1S/C23H17FN2O4/c1-14-7-9-17(12-19(14)24)25-21(27)13-29-23(28)16-8-10-20-18(11-16)22(30-26-20)15-5-3-2-4-6-15/h2-12H,13H2,1H3,(H,25,27). The number of aromatic nitrogens is 1. The number of nitrogens with zero attached hydrogens (tertiary/aromatic N) is 1. The Morgan fingerprint density at radius 3 is 2.63 bits per heavy atom. The highest BCUT2D eigenvalue weighted by Gasteiger charge is 2.16. The molecular formula is C23H17FN2O4. The smallest absolute Gasteiger partial charge is 0.338 e. The molecule has 0 aliphatic rings. The maximum absolute atomic E-state index is 13.6. The van der Waals surface area contributed by atoms with Crippen molar-refractivity contribution in [1.29, 1.82) is 0 Å². The number of hydrogen-bond acceptors (Lipinski definition) is 5. The van der Waals surface area contributed by atoms with Gasteiger partial charge in [-0.2, -0.15) is 0 Å². The first-order valence-electron chi connectivity index (χ1n) is 9.19. The molecule has 1 heterocycles. The zero-order valence-electron chi connectivity index (χ0n) is 16.0. The molecule has 150 valence electrons. The molecule has 7 heteroatoms. The lowest BCUT2D eigenvalue weighted by Gasteiger charge is -2.07. The first kappa shape index (κ1) is 19.3. The van der Waals surface area contributed by atoms with E-state index in [4.69, 9.17) is 9.26 Å². The number of carbonyl (C=O) groups is 2. The third kappa shape index (κ3) is 4.05. The minimum absolute atomic E-state index is 0.261. The Morgan fingerprint density at radius 1 is 1.07 bits per heavy atom. The summed E-state index contributed by atoms with van der Waals surface area (Å²) in [6.45, 7) is 1.12. The van der Waals surface area contributed by atoms with Crippen LogP contribution >= 0.6 is 0 Å². The van der Waals surface area contributed by atoms with Gasteiger partial charge in [0.2, 0.25) is 0 Å². The average Bonchev–Trinajstić information content (AvgIpc) is 3.18. The molecule has 0 atom stereocenters. The van der Waals surface area contributed by atoms with Crippen LogP contribution in [0.15, 0.2) is 71.3 Å². The summed E-state index contributed by atoms with van der Waals surface area (Å²) in [5.41, 5.74) is 2.45. The Balaban J connectivity index is 1.45. The quantitative estimate of drug-likeness (QED) is 0.486. The van der Waals surface area contributed by atoms with Crippen molar-refractivity contribution in [3.63, 3.8) is 0 Å². The van der Waals surface area contributed by atoms with Gasteiger partial charge in [0.25, 0.3) is 5.91 Å². The molecule has 0 unspecified atom stereocenters. The molecule has 0 saturated carbocycles. The zero-order valence-corrected chi connectivity index (χ0v) is 16.0. The molecule has 0 saturated heterocycles. The monoisotopic (exact) mass is 404 g/mol. The molecular weight excluding hydrogens is 387 g/mol. The summed E-state index contributed by atoms with van der Waals surface area (Å²) in [6, 6.07) is 18.5. The lowest BCUT2D eigenvalue weighted by molar-refractivity contribution is -0.119. The average molecular weight is 404 g/mol. The van der Waals surface area contributed by atoms with Crippen LogP contribution in [0.5, 0.6) is 0 Å². The van der Waals surface area contributed by atoms with Gasteiger partial charge in [-0.15, -0.1) is 0 Å². The van der Waals surface area contributed by atoms with E-state index in [9.17, 15) is 14.0 Å². The first-order valence-corrected chi connectivity index (χ1v) is 9.19. The summed E-state index contributed by atoms with van der Waals surface area (Å²) < 4.78 is 24.1. The van der Waals surface area contributed by atoms with Crippen molar-refractivity contribution in [3.8, 4) is 11.3 Å². The fourth-order valence-corrected chi connectivity index (χ4v) is 2.95. The number of esters is 1. The van der Waals surface area contributed by atoms with E-state index in [2.05, 4.69) is 10.5 Å². The maximum atomic E-state index is 13.6. The second kappa shape index (κ2) is 8.16. The Bertz CT molecular complexity index is 1230. The summed E-state index contributed by atoms with van der Waals surface area (Å²) in [7, 11) is 0. The molecule has 4 aromatic rings. The van der Waals surface area contributed by atoms with Gasteiger partial charge < -0.3 is 14.6 Å². The van der Waals surface area contributed by atoms with Crippen LogP contribution in [0.4, 0.5) is 10.1 Å². The molecule has 30 heavy (non-hydrogen) atoms. The van der Waals surface area contributed by atoms with Crippen LogP contribution in [0.3, 0.4) is 0 Å². The first-order chi connectivity index (χ1) is 14.5. The van der Waals surface area contributed by atoms with Crippen molar-refractivity contribution in [3.05, 3.63) is 83.7 Å². The highest BCUT2D eigenvalue weighted by atomic mass is 19.1. The van der Waals surface area contributed by atoms with Gasteiger partial charge in [0.1, 0.15) is 11.3 Å². The highest BCUT2D eigenvalue weighted by Crippen LogP contribution is 2.29. The molecule has 4 rings (SSSR count). The van der Waals surface area contributed by atoms with Gasteiger partial charge in [-0.05, 0) is 42.8 Å². The second-order valence-electron chi connectivity index (χ2n) is 6.70. The summed E-state index contributed by atoms with van der Waals surface area (Å²) in [5.74, 6) is -1.12. The number of carbonyl (C=O) groups excluding carboxylic acids is 2. The normalized spacial score (nSPS) is 10.7. The van der Waals surface area contributed by atoms with E-state index in [1.54, 1.807) is 37.3 Å². The van der Waals surface area contributed by atoms with Crippen molar-refractivity contribution in [2.24, 2.45) is 0 Å². The van der Waals surface area contributed by atoms with E-state index >= 15 is 0 Å². The van der Waals surface area contributed by atoms with Crippen LogP contribution < -0.4 is 5.32 Å². The summed E-state index contributed by atoms with van der Waals surface area (Å²) in [6.07, 6.45) is 0. The highest BCUT2D eigenvalue weighted by molar-refractivity contribution is 6.00. The largest absolute Gasteiger partial charge is 0.452 e. The number of nitrogens with one attached hydrogen (secondary N) is 1. The van der Waals surface area contributed by atoms with Gasteiger partial charge in [0.05, 0.1) is 10.9 Å². The van der Waals surface area contributed by atoms with Gasteiger partial charge >= 0.3 is 5.97 Å². The van der Waals surface area contributed by atoms with Gasteiger partial charge in [-0.1, -0.05) is 41.6 Å². The lowest BCUT2D eigenvalue weighted by Crippen LogP contribution is -2.21. The fourth-order valence-electron chi connectivity index (χ4n) is 2.95. The Morgan fingerprint density at radius 2 is 1.87 bits per heavy atom. The van der Waals surface area contributed by atoms with E-state index in [-0.39, 0.29) is 11.3 Å². The Labute approximate surface area is 171 Å². The van der Waals surface area contributed by atoms with Crippen molar-refractivity contribution < 1.29 is 23.2 Å². The molecule has 1 N–H and O–H groups in total. The van der Waals surface area contributed by atoms with Crippen LogP contribution in [-0.4, -0.2) is 23.6 Å². The minimum atomic E-state index is -0.664. The molecule has 0 aliphatic carbocycles. The number of fused-ring (bicyclic) bond motifs is 1. The molecule has 0 aliphatic heterocycles. The number of benzene rings is 3. The van der Waals surface area contributed by atoms with Crippen LogP contribution in [0, 0.1) is 12.7 Å². The van der Waals surface area contributed by atoms with Crippen LogP contribution in [-0.2, 0) is 9.53 Å². The number of hydrogen-bond donors (Lipinski definition) is 1. The molecule has 0 bridgehead atoms. The number of ether oxygens (including phenoxy) is 1. The number of rotatable bonds is 5. The molecule has 1 amide bonds. The molecule has 0 fully saturated rings. The van der Waals surface area contributed by atoms with Crippen molar-refractivity contribution >= 4 is 28.5 Å². The SMILES string of the molecule is Cc1ccc(NC(=O)COC(=O)c2ccc3noc(-c4ccccc4)c3c2)cc1F. The minimum Gasteiger partial charge on any atom is -0.452 e. The molecule has 6 nitrogen and oxygen atoms in total. The third-order valence-corrected chi connectivity index (χ3v) is 4.54. The number of anilines is 1. The summed E-state index contributed by atoms with van der Waals surface area (Å²) >= 11 is 0. The Kier molecular flexibility index (Phi) is 5.26. The number of halogens is 1.